The molecule has 17 heavy (non-hydrogen) atoms. The van der Waals surface area contributed by atoms with Crippen molar-refractivity contribution < 1.29 is 13.2 Å². The highest BCUT2D eigenvalue weighted by Gasteiger charge is 2.12. The predicted octanol–water partition coefficient (Wildman–Crippen LogP) is 2.28. The Labute approximate surface area is 110 Å². The van der Waals surface area contributed by atoms with E-state index >= 15 is 0 Å². The molecule has 1 rings (SSSR count). The van der Waals surface area contributed by atoms with E-state index in [0.29, 0.717) is 19.6 Å². The SMILES string of the molecule is C=COCCCNS(=O)(=O)c1cccc(Br)c1. The number of rotatable bonds is 7. The molecule has 0 heterocycles. The molecule has 0 saturated carbocycles. The highest BCUT2D eigenvalue weighted by Crippen LogP contribution is 2.15. The molecule has 1 aromatic rings. The van der Waals surface area contributed by atoms with Gasteiger partial charge in [-0.2, -0.15) is 0 Å². The Kier molecular flexibility index (Phi) is 5.67. The summed E-state index contributed by atoms with van der Waals surface area (Å²) in [4.78, 5) is 0.247. The molecule has 4 nitrogen and oxygen atoms in total. The quantitative estimate of drug-likeness (QED) is 0.619. The van der Waals surface area contributed by atoms with Crippen molar-refractivity contribution in [3.8, 4) is 0 Å². The minimum absolute atomic E-state index is 0.247. The predicted molar refractivity (Wildman–Crippen MR) is 70.1 cm³/mol. The average Bonchev–Trinajstić information content (AvgIpc) is 2.29. The number of sulfonamides is 1. The zero-order valence-electron chi connectivity index (χ0n) is 9.23. The van der Waals surface area contributed by atoms with Crippen molar-refractivity contribution in [3.05, 3.63) is 41.6 Å². The molecule has 1 aromatic carbocycles. The molecule has 0 bridgehead atoms. The Morgan fingerprint density at radius 2 is 2.24 bits per heavy atom. The first-order valence-corrected chi connectivity index (χ1v) is 7.31. The van der Waals surface area contributed by atoms with Crippen LogP contribution < -0.4 is 4.72 Å². The number of hydrogen-bond donors (Lipinski definition) is 1. The molecule has 1 N–H and O–H groups in total. The highest BCUT2D eigenvalue weighted by molar-refractivity contribution is 9.10. The second kappa shape index (κ2) is 6.78. The van der Waals surface area contributed by atoms with Gasteiger partial charge in [-0.3, -0.25) is 0 Å². The third-order valence-electron chi connectivity index (χ3n) is 1.96. The van der Waals surface area contributed by atoms with Gasteiger partial charge in [0.1, 0.15) is 0 Å². The summed E-state index contributed by atoms with van der Waals surface area (Å²) in [6, 6.07) is 6.56. The molecule has 0 aliphatic carbocycles. The maximum atomic E-state index is 11.8. The molecule has 0 spiro atoms. The number of hydrogen-bond acceptors (Lipinski definition) is 3. The molecule has 0 radical (unpaired) electrons. The van der Waals surface area contributed by atoms with Crippen molar-refractivity contribution in [2.24, 2.45) is 0 Å². The molecule has 0 aliphatic heterocycles. The van der Waals surface area contributed by atoms with Crippen LogP contribution in [0.3, 0.4) is 0 Å². The van der Waals surface area contributed by atoms with Crippen LogP contribution in [0.15, 0.2) is 46.5 Å². The number of ether oxygens (including phenoxy) is 1. The standard InChI is InChI=1S/C11H14BrNO3S/c1-2-16-8-4-7-13-17(14,15)11-6-3-5-10(12)9-11/h2-3,5-6,9,13H,1,4,7-8H2. The lowest BCUT2D eigenvalue weighted by molar-refractivity contribution is 0.247. The second-order valence-corrected chi connectivity index (χ2v) is 5.93. The lowest BCUT2D eigenvalue weighted by Crippen LogP contribution is -2.25. The second-order valence-electron chi connectivity index (χ2n) is 3.25. The number of halogens is 1. The molecule has 0 aromatic heterocycles. The van der Waals surface area contributed by atoms with E-state index in [9.17, 15) is 8.42 Å². The van der Waals surface area contributed by atoms with Crippen LogP contribution in [0, 0.1) is 0 Å². The summed E-state index contributed by atoms with van der Waals surface area (Å²) in [6.07, 6.45) is 1.93. The van der Waals surface area contributed by atoms with Gasteiger partial charge in [0.15, 0.2) is 0 Å². The average molecular weight is 320 g/mol. The molecule has 94 valence electrons. The van der Waals surface area contributed by atoms with E-state index in [1.54, 1.807) is 24.3 Å². The first-order valence-electron chi connectivity index (χ1n) is 5.04. The van der Waals surface area contributed by atoms with Crippen LogP contribution in [0.4, 0.5) is 0 Å². The fraction of sp³-hybridized carbons (Fsp3) is 0.273. The molecule has 0 unspecified atom stereocenters. The van der Waals surface area contributed by atoms with Crippen LogP contribution in [-0.4, -0.2) is 21.6 Å². The van der Waals surface area contributed by atoms with Crippen molar-refractivity contribution in [2.45, 2.75) is 11.3 Å². The third-order valence-corrected chi connectivity index (χ3v) is 3.91. The van der Waals surface area contributed by atoms with Crippen LogP contribution in [0.25, 0.3) is 0 Å². The van der Waals surface area contributed by atoms with E-state index in [1.807, 2.05) is 0 Å². The van der Waals surface area contributed by atoms with Crippen LogP contribution in [-0.2, 0) is 14.8 Å². The molecule has 0 aliphatic rings. The summed E-state index contributed by atoms with van der Waals surface area (Å²) in [7, 11) is -3.43. The van der Waals surface area contributed by atoms with Crippen molar-refractivity contribution >= 4 is 26.0 Å². The minimum atomic E-state index is -3.43. The van der Waals surface area contributed by atoms with E-state index in [2.05, 4.69) is 27.2 Å². The molecule has 0 saturated heterocycles. The van der Waals surface area contributed by atoms with Crippen molar-refractivity contribution in [3.63, 3.8) is 0 Å². The van der Waals surface area contributed by atoms with Crippen molar-refractivity contribution in [2.75, 3.05) is 13.2 Å². The third kappa shape index (κ3) is 4.89. The van der Waals surface area contributed by atoms with Crippen LogP contribution in [0.2, 0.25) is 0 Å². The van der Waals surface area contributed by atoms with Gasteiger partial charge in [-0.1, -0.05) is 28.6 Å². The van der Waals surface area contributed by atoms with Gasteiger partial charge in [0.05, 0.1) is 17.8 Å². The normalized spacial score (nSPS) is 11.1. The molecular formula is C11H14BrNO3S. The Bertz CT molecular complexity index is 473. The van der Waals surface area contributed by atoms with Gasteiger partial charge < -0.3 is 4.74 Å². The molecular weight excluding hydrogens is 306 g/mol. The van der Waals surface area contributed by atoms with Gasteiger partial charge in [0, 0.05) is 11.0 Å². The summed E-state index contributed by atoms with van der Waals surface area (Å²) in [5.41, 5.74) is 0. The van der Waals surface area contributed by atoms with Gasteiger partial charge in [-0.05, 0) is 24.6 Å². The van der Waals surface area contributed by atoms with E-state index in [0.717, 1.165) is 4.47 Å². The summed E-state index contributed by atoms with van der Waals surface area (Å²) in [6.45, 7) is 4.18. The molecule has 0 fully saturated rings. The summed E-state index contributed by atoms with van der Waals surface area (Å²) >= 11 is 3.23. The Morgan fingerprint density at radius 1 is 1.47 bits per heavy atom. The van der Waals surface area contributed by atoms with Crippen LogP contribution in [0.5, 0.6) is 0 Å². The number of benzene rings is 1. The molecule has 6 heteroatoms. The lowest BCUT2D eigenvalue weighted by Gasteiger charge is -2.06. The highest BCUT2D eigenvalue weighted by atomic mass is 79.9. The van der Waals surface area contributed by atoms with Crippen LogP contribution >= 0.6 is 15.9 Å². The van der Waals surface area contributed by atoms with Crippen molar-refractivity contribution in [1.29, 1.82) is 0 Å². The van der Waals surface area contributed by atoms with Gasteiger partial charge >= 0.3 is 0 Å². The summed E-state index contributed by atoms with van der Waals surface area (Å²) < 4.78 is 31.8. The van der Waals surface area contributed by atoms with E-state index in [1.165, 1.54) is 6.26 Å². The number of nitrogens with one attached hydrogen (secondary N) is 1. The smallest absolute Gasteiger partial charge is 0.240 e. The van der Waals surface area contributed by atoms with E-state index < -0.39 is 10.0 Å². The minimum Gasteiger partial charge on any atom is -0.502 e. The van der Waals surface area contributed by atoms with Gasteiger partial charge in [0.25, 0.3) is 0 Å². The maximum absolute atomic E-state index is 11.8. The summed E-state index contributed by atoms with van der Waals surface area (Å²) in [5.74, 6) is 0. The van der Waals surface area contributed by atoms with Crippen LogP contribution in [0.1, 0.15) is 6.42 Å². The Hall–Kier alpha value is -0.850. The van der Waals surface area contributed by atoms with Gasteiger partial charge in [-0.25, -0.2) is 13.1 Å². The first kappa shape index (κ1) is 14.2. The zero-order valence-corrected chi connectivity index (χ0v) is 11.6. The Morgan fingerprint density at radius 3 is 2.88 bits per heavy atom. The topological polar surface area (TPSA) is 55.4 Å². The van der Waals surface area contributed by atoms with E-state index in [-0.39, 0.29) is 4.90 Å². The zero-order chi connectivity index (χ0) is 12.7. The van der Waals surface area contributed by atoms with Gasteiger partial charge in [-0.15, -0.1) is 0 Å². The fourth-order valence-electron chi connectivity index (χ4n) is 1.16. The molecule has 0 amide bonds. The first-order chi connectivity index (χ1) is 8.06. The summed E-state index contributed by atoms with van der Waals surface area (Å²) in [5, 5.41) is 0. The van der Waals surface area contributed by atoms with Crippen molar-refractivity contribution in [1.82, 2.24) is 4.72 Å². The Balaban J connectivity index is 2.54. The van der Waals surface area contributed by atoms with Gasteiger partial charge in [0.2, 0.25) is 10.0 Å². The molecule has 0 atom stereocenters. The largest absolute Gasteiger partial charge is 0.502 e. The lowest BCUT2D eigenvalue weighted by atomic mass is 10.4. The fourth-order valence-corrected chi connectivity index (χ4v) is 2.83. The maximum Gasteiger partial charge on any atom is 0.240 e. The van der Waals surface area contributed by atoms with E-state index in [4.69, 9.17) is 4.74 Å². The monoisotopic (exact) mass is 319 g/mol.